The Bertz CT molecular complexity index is 501. The number of hydrogen-bond donors (Lipinski definition) is 3. The van der Waals surface area contributed by atoms with Gasteiger partial charge in [-0.1, -0.05) is 33.8 Å². The molecule has 110 valence electrons. The number of carbonyl (C=O) groups excluding carboxylic acids is 1. The quantitative estimate of drug-likeness (QED) is 0.588. The number of benzene rings is 1. The number of amides is 1. The van der Waals surface area contributed by atoms with E-state index in [1.54, 1.807) is 19.9 Å². The second kappa shape index (κ2) is 7.24. The Kier molecular flexibility index (Phi) is 5.95. The molecule has 1 atom stereocenters. The smallest absolute Gasteiger partial charge is 0.228 e. The van der Waals surface area contributed by atoms with Crippen molar-refractivity contribution >= 4 is 28.9 Å². The molecule has 1 rings (SSSR count). The van der Waals surface area contributed by atoms with Gasteiger partial charge in [-0.3, -0.25) is 4.79 Å². The number of carbonyl (C=O) groups is 1. The summed E-state index contributed by atoms with van der Waals surface area (Å²) in [6.07, 6.45) is 1.01. The normalized spacial score (nSPS) is 12.1. The molecule has 3 N–H and O–H groups in total. The largest absolute Gasteiger partial charge is 0.506 e. The van der Waals surface area contributed by atoms with Gasteiger partial charge in [0, 0.05) is 5.92 Å². The highest BCUT2D eigenvalue weighted by atomic mass is 32.1. The van der Waals surface area contributed by atoms with Crippen molar-refractivity contribution in [2.75, 3.05) is 5.32 Å². The second-order valence-corrected chi connectivity index (χ2v) is 5.59. The Morgan fingerprint density at radius 3 is 2.55 bits per heavy atom. The van der Waals surface area contributed by atoms with Crippen LogP contribution in [0, 0.1) is 5.92 Å². The lowest BCUT2D eigenvalue weighted by atomic mass is 9.98. The Morgan fingerprint density at radius 1 is 1.35 bits per heavy atom. The standard InChI is InChI=1S/C15H22N2O2S/c1-5-10(4)11-6-7-13(18)12(8-11)16-15(20)17-14(19)9(2)3/h6-10,18H,5H2,1-4H3,(H2,16,17,19,20)/t10-/m0/s1. The van der Waals surface area contributed by atoms with Gasteiger partial charge in [-0.05, 0) is 42.3 Å². The lowest BCUT2D eigenvalue weighted by molar-refractivity contribution is -0.122. The van der Waals surface area contributed by atoms with Gasteiger partial charge in [0.2, 0.25) is 5.91 Å². The minimum Gasteiger partial charge on any atom is -0.506 e. The van der Waals surface area contributed by atoms with Crippen LogP contribution in [0.3, 0.4) is 0 Å². The third-order valence-corrected chi connectivity index (χ3v) is 3.42. The van der Waals surface area contributed by atoms with Crippen LogP contribution in [-0.4, -0.2) is 16.1 Å². The first kappa shape index (κ1) is 16.4. The van der Waals surface area contributed by atoms with Gasteiger partial charge in [0.25, 0.3) is 0 Å². The van der Waals surface area contributed by atoms with Gasteiger partial charge in [-0.15, -0.1) is 0 Å². The third kappa shape index (κ3) is 4.49. The summed E-state index contributed by atoms with van der Waals surface area (Å²) in [6, 6.07) is 5.39. The monoisotopic (exact) mass is 294 g/mol. The number of phenols is 1. The number of anilines is 1. The van der Waals surface area contributed by atoms with Gasteiger partial charge < -0.3 is 15.7 Å². The molecular formula is C15H22N2O2S. The molecule has 0 heterocycles. The van der Waals surface area contributed by atoms with Gasteiger partial charge in [-0.2, -0.15) is 0 Å². The Morgan fingerprint density at radius 2 is 2.00 bits per heavy atom. The van der Waals surface area contributed by atoms with Crippen LogP contribution in [0.1, 0.15) is 45.6 Å². The van der Waals surface area contributed by atoms with Crippen molar-refractivity contribution in [2.24, 2.45) is 5.92 Å². The molecule has 0 aliphatic carbocycles. The summed E-state index contributed by atoms with van der Waals surface area (Å²) >= 11 is 5.07. The fraction of sp³-hybridized carbons (Fsp3) is 0.467. The minimum atomic E-state index is -0.153. The Labute approximate surface area is 125 Å². The highest BCUT2D eigenvalue weighted by Gasteiger charge is 2.12. The van der Waals surface area contributed by atoms with E-state index in [4.69, 9.17) is 12.2 Å². The van der Waals surface area contributed by atoms with Crippen molar-refractivity contribution in [1.29, 1.82) is 0 Å². The van der Waals surface area contributed by atoms with E-state index in [2.05, 4.69) is 24.5 Å². The van der Waals surface area contributed by atoms with E-state index in [0.29, 0.717) is 11.6 Å². The van der Waals surface area contributed by atoms with Gasteiger partial charge >= 0.3 is 0 Å². The highest BCUT2D eigenvalue weighted by molar-refractivity contribution is 7.80. The van der Waals surface area contributed by atoms with Crippen LogP contribution < -0.4 is 10.6 Å². The van der Waals surface area contributed by atoms with E-state index >= 15 is 0 Å². The Balaban J connectivity index is 2.81. The molecule has 1 amide bonds. The SMILES string of the molecule is CC[C@H](C)c1ccc(O)c(NC(=S)NC(=O)C(C)C)c1. The van der Waals surface area contributed by atoms with Crippen LogP contribution in [-0.2, 0) is 4.79 Å². The molecule has 0 aliphatic heterocycles. The van der Waals surface area contributed by atoms with Crippen LogP contribution in [0.5, 0.6) is 5.75 Å². The molecule has 5 heteroatoms. The molecule has 0 spiro atoms. The number of hydrogen-bond acceptors (Lipinski definition) is 3. The third-order valence-electron chi connectivity index (χ3n) is 3.21. The summed E-state index contributed by atoms with van der Waals surface area (Å²) in [6.45, 7) is 7.81. The average molecular weight is 294 g/mol. The molecule has 4 nitrogen and oxygen atoms in total. The molecule has 0 unspecified atom stereocenters. The topological polar surface area (TPSA) is 61.4 Å². The lowest BCUT2D eigenvalue weighted by Crippen LogP contribution is -2.36. The molecule has 0 fully saturated rings. The van der Waals surface area contributed by atoms with Crippen molar-refractivity contribution in [1.82, 2.24) is 5.32 Å². The molecule has 0 radical (unpaired) electrons. The number of rotatable bonds is 4. The summed E-state index contributed by atoms with van der Waals surface area (Å²) in [5.74, 6) is 0.211. The van der Waals surface area contributed by atoms with Crippen LogP contribution in [0.25, 0.3) is 0 Å². The predicted octanol–water partition coefficient (Wildman–Crippen LogP) is 3.37. The van der Waals surface area contributed by atoms with Gasteiger partial charge in [0.1, 0.15) is 5.75 Å². The van der Waals surface area contributed by atoms with E-state index in [1.165, 1.54) is 0 Å². The van der Waals surface area contributed by atoms with Gasteiger partial charge in [-0.25, -0.2) is 0 Å². The molecule has 1 aromatic carbocycles. The molecular weight excluding hydrogens is 272 g/mol. The van der Waals surface area contributed by atoms with E-state index in [9.17, 15) is 9.90 Å². The van der Waals surface area contributed by atoms with Crippen LogP contribution >= 0.6 is 12.2 Å². The minimum absolute atomic E-state index is 0.109. The maximum absolute atomic E-state index is 11.5. The molecule has 0 bridgehead atoms. The number of thiocarbonyl (C=S) groups is 1. The lowest BCUT2D eigenvalue weighted by Gasteiger charge is -2.15. The second-order valence-electron chi connectivity index (χ2n) is 5.18. The molecule has 0 saturated carbocycles. The predicted molar refractivity (Wildman–Crippen MR) is 86.0 cm³/mol. The number of phenolic OH excluding ortho intramolecular Hbond substituents is 1. The number of aromatic hydroxyl groups is 1. The molecule has 20 heavy (non-hydrogen) atoms. The van der Waals surface area contributed by atoms with Crippen molar-refractivity contribution < 1.29 is 9.90 Å². The highest BCUT2D eigenvalue weighted by Crippen LogP contribution is 2.28. The summed E-state index contributed by atoms with van der Waals surface area (Å²) < 4.78 is 0. The summed E-state index contributed by atoms with van der Waals surface area (Å²) in [5, 5.41) is 15.5. The van der Waals surface area contributed by atoms with Gasteiger partial charge in [0.05, 0.1) is 5.69 Å². The van der Waals surface area contributed by atoms with Crippen molar-refractivity contribution in [3.8, 4) is 5.75 Å². The first-order valence-corrected chi connectivity index (χ1v) is 7.20. The van der Waals surface area contributed by atoms with E-state index in [0.717, 1.165) is 12.0 Å². The maximum atomic E-state index is 11.5. The van der Waals surface area contributed by atoms with Crippen LogP contribution in [0.4, 0.5) is 5.69 Å². The fourth-order valence-corrected chi connectivity index (χ4v) is 1.82. The van der Waals surface area contributed by atoms with Crippen LogP contribution in [0.2, 0.25) is 0 Å². The molecule has 0 aromatic heterocycles. The van der Waals surface area contributed by atoms with Crippen molar-refractivity contribution in [2.45, 2.75) is 40.0 Å². The molecule has 1 aromatic rings. The van der Waals surface area contributed by atoms with Crippen molar-refractivity contribution in [3.63, 3.8) is 0 Å². The zero-order valence-corrected chi connectivity index (χ0v) is 13.2. The first-order valence-electron chi connectivity index (χ1n) is 6.79. The van der Waals surface area contributed by atoms with Gasteiger partial charge in [0.15, 0.2) is 5.11 Å². The summed E-state index contributed by atoms with van der Waals surface area (Å²) in [7, 11) is 0. The van der Waals surface area contributed by atoms with E-state index < -0.39 is 0 Å². The maximum Gasteiger partial charge on any atom is 0.228 e. The zero-order valence-electron chi connectivity index (χ0n) is 12.4. The van der Waals surface area contributed by atoms with Crippen molar-refractivity contribution in [3.05, 3.63) is 23.8 Å². The van der Waals surface area contributed by atoms with E-state index in [-0.39, 0.29) is 22.7 Å². The zero-order chi connectivity index (χ0) is 15.3. The summed E-state index contributed by atoms with van der Waals surface area (Å²) in [4.78, 5) is 11.5. The summed E-state index contributed by atoms with van der Waals surface area (Å²) in [5.41, 5.74) is 1.63. The average Bonchev–Trinajstić information content (AvgIpc) is 2.40. The first-order chi connectivity index (χ1) is 9.35. The van der Waals surface area contributed by atoms with E-state index in [1.807, 2.05) is 12.1 Å². The van der Waals surface area contributed by atoms with Crippen LogP contribution in [0.15, 0.2) is 18.2 Å². The Hall–Kier alpha value is -1.62. The molecule has 0 saturated heterocycles. The fourth-order valence-electron chi connectivity index (χ4n) is 1.61. The number of nitrogens with one attached hydrogen (secondary N) is 2. The molecule has 0 aliphatic rings.